The normalized spacial score (nSPS) is 30.3. The first-order valence-corrected chi connectivity index (χ1v) is 7.51. The van der Waals surface area contributed by atoms with Gasteiger partial charge in [0.25, 0.3) is 11.8 Å². The van der Waals surface area contributed by atoms with E-state index in [0.29, 0.717) is 0 Å². The third-order valence-corrected chi connectivity index (χ3v) is 5.26. The minimum absolute atomic E-state index is 0.183. The lowest BCUT2D eigenvalue weighted by atomic mass is 9.83. The van der Waals surface area contributed by atoms with E-state index in [0.717, 1.165) is 22.5 Å². The zero-order valence-electron chi connectivity index (χ0n) is 12.7. The summed E-state index contributed by atoms with van der Waals surface area (Å²) in [5, 5.41) is 0. The number of ether oxygens (including phenoxy) is 1. The number of anilines is 2. The summed E-state index contributed by atoms with van der Waals surface area (Å²) in [6.07, 6.45) is 0. The Morgan fingerprint density at radius 3 is 1.57 bits per heavy atom. The second-order valence-electron chi connectivity index (χ2n) is 6.23. The molecule has 114 valence electrons. The first-order valence-electron chi connectivity index (χ1n) is 7.51. The SMILES string of the molecule is CN1C(=O)C2(OC23C(=O)N(C)c2ccccc23)c2ccccc21. The number of amides is 2. The summed E-state index contributed by atoms with van der Waals surface area (Å²) in [4.78, 5) is 29.2. The Bertz CT molecular complexity index is 835. The lowest BCUT2D eigenvalue weighted by Gasteiger charge is -2.11. The molecular weight excluding hydrogens is 292 g/mol. The molecule has 5 rings (SSSR count). The van der Waals surface area contributed by atoms with Crippen molar-refractivity contribution >= 4 is 23.2 Å². The molecule has 2 aromatic carbocycles. The summed E-state index contributed by atoms with van der Waals surface area (Å²) >= 11 is 0. The lowest BCUT2D eigenvalue weighted by Crippen LogP contribution is -2.39. The number of rotatable bonds is 0. The highest BCUT2D eigenvalue weighted by molar-refractivity contribution is 6.20. The van der Waals surface area contributed by atoms with Crippen molar-refractivity contribution in [2.24, 2.45) is 0 Å². The maximum Gasteiger partial charge on any atom is 0.267 e. The van der Waals surface area contributed by atoms with Crippen LogP contribution in [-0.2, 0) is 25.5 Å². The maximum absolute atomic E-state index is 13.0. The topological polar surface area (TPSA) is 53.2 Å². The van der Waals surface area contributed by atoms with Crippen molar-refractivity contribution in [1.82, 2.24) is 0 Å². The van der Waals surface area contributed by atoms with Gasteiger partial charge in [-0.1, -0.05) is 36.4 Å². The van der Waals surface area contributed by atoms with Gasteiger partial charge in [-0.05, 0) is 12.1 Å². The predicted octanol–water partition coefficient (Wildman–Crippen LogP) is 1.76. The Balaban J connectivity index is 1.81. The summed E-state index contributed by atoms with van der Waals surface area (Å²) in [6, 6.07) is 15.0. The van der Waals surface area contributed by atoms with Crippen LogP contribution in [0.2, 0.25) is 0 Å². The number of nitrogens with zero attached hydrogens (tertiary/aromatic N) is 2. The van der Waals surface area contributed by atoms with Crippen LogP contribution in [0.25, 0.3) is 0 Å². The number of carbonyl (C=O) groups excluding carboxylic acids is 2. The second-order valence-corrected chi connectivity index (χ2v) is 6.23. The molecule has 0 aromatic heterocycles. The van der Waals surface area contributed by atoms with Gasteiger partial charge in [0.2, 0.25) is 11.2 Å². The first-order chi connectivity index (χ1) is 11.1. The molecule has 2 atom stereocenters. The number of hydrogen-bond donors (Lipinski definition) is 0. The number of para-hydroxylation sites is 2. The highest BCUT2D eigenvalue weighted by atomic mass is 16.6. The van der Waals surface area contributed by atoms with Crippen LogP contribution in [-0.4, -0.2) is 25.9 Å². The van der Waals surface area contributed by atoms with Crippen LogP contribution >= 0.6 is 0 Å². The lowest BCUT2D eigenvalue weighted by molar-refractivity contribution is -0.125. The zero-order chi connectivity index (χ0) is 16.0. The van der Waals surface area contributed by atoms with E-state index >= 15 is 0 Å². The Morgan fingerprint density at radius 2 is 1.13 bits per heavy atom. The van der Waals surface area contributed by atoms with E-state index in [4.69, 9.17) is 4.74 Å². The van der Waals surface area contributed by atoms with Gasteiger partial charge >= 0.3 is 0 Å². The summed E-state index contributed by atoms with van der Waals surface area (Å²) in [5.74, 6) is -0.366. The number of fused-ring (bicyclic) bond motifs is 5. The fraction of sp³-hybridized carbons (Fsp3) is 0.222. The molecular formula is C18H14N2O3. The van der Waals surface area contributed by atoms with E-state index in [2.05, 4.69) is 0 Å². The maximum atomic E-state index is 13.0. The molecule has 3 heterocycles. The van der Waals surface area contributed by atoms with Crippen LogP contribution in [0.1, 0.15) is 11.1 Å². The van der Waals surface area contributed by atoms with Crippen LogP contribution in [0, 0.1) is 0 Å². The molecule has 23 heavy (non-hydrogen) atoms. The van der Waals surface area contributed by atoms with Gasteiger partial charge in [0.15, 0.2) is 0 Å². The molecule has 1 fully saturated rings. The molecule has 0 bridgehead atoms. The van der Waals surface area contributed by atoms with Gasteiger partial charge in [-0.15, -0.1) is 0 Å². The molecule has 2 spiro atoms. The highest BCUT2D eigenvalue weighted by Gasteiger charge is 2.86. The Hall–Kier alpha value is -2.66. The van der Waals surface area contributed by atoms with Gasteiger partial charge in [0.05, 0.1) is 11.4 Å². The van der Waals surface area contributed by atoms with Crippen molar-refractivity contribution in [2.45, 2.75) is 11.2 Å². The molecule has 3 aliphatic rings. The molecule has 1 saturated heterocycles. The summed E-state index contributed by atoms with van der Waals surface area (Å²) < 4.78 is 6.05. The zero-order valence-corrected chi connectivity index (χ0v) is 12.7. The van der Waals surface area contributed by atoms with Gasteiger partial charge in [-0.25, -0.2) is 0 Å². The van der Waals surface area contributed by atoms with Crippen molar-refractivity contribution < 1.29 is 14.3 Å². The van der Waals surface area contributed by atoms with Crippen LogP contribution in [0.4, 0.5) is 11.4 Å². The molecule has 2 aromatic rings. The first kappa shape index (κ1) is 12.8. The van der Waals surface area contributed by atoms with Crippen LogP contribution < -0.4 is 9.80 Å². The number of benzene rings is 2. The quantitative estimate of drug-likeness (QED) is 0.697. The molecule has 2 unspecified atom stereocenters. The number of epoxide rings is 1. The molecule has 0 radical (unpaired) electrons. The number of hydrogen-bond acceptors (Lipinski definition) is 3. The van der Waals surface area contributed by atoms with E-state index in [1.165, 1.54) is 0 Å². The largest absolute Gasteiger partial charge is 0.331 e. The van der Waals surface area contributed by atoms with Crippen molar-refractivity contribution in [2.75, 3.05) is 23.9 Å². The van der Waals surface area contributed by atoms with Gasteiger partial charge in [0, 0.05) is 25.2 Å². The molecule has 2 amide bonds. The van der Waals surface area contributed by atoms with Gasteiger partial charge < -0.3 is 14.5 Å². The summed E-state index contributed by atoms with van der Waals surface area (Å²) in [5.41, 5.74) is 0.687. The minimum Gasteiger partial charge on any atom is -0.331 e. The third kappa shape index (κ3) is 1.11. The van der Waals surface area contributed by atoms with Crippen molar-refractivity contribution in [3.05, 3.63) is 59.7 Å². The fourth-order valence-corrected chi connectivity index (χ4v) is 4.13. The van der Waals surface area contributed by atoms with Crippen LogP contribution in [0.15, 0.2) is 48.5 Å². The van der Waals surface area contributed by atoms with E-state index < -0.39 is 11.2 Å². The second kappa shape index (κ2) is 3.63. The monoisotopic (exact) mass is 306 g/mol. The number of carbonyl (C=O) groups is 2. The molecule has 5 heteroatoms. The smallest absolute Gasteiger partial charge is 0.267 e. The van der Waals surface area contributed by atoms with Gasteiger partial charge in [-0.2, -0.15) is 0 Å². The van der Waals surface area contributed by atoms with Crippen molar-refractivity contribution in [1.29, 1.82) is 0 Å². The van der Waals surface area contributed by atoms with Gasteiger partial charge in [0.1, 0.15) is 0 Å². The standard InChI is InChI=1S/C18H14N2O3/c1-19-13-9-5-3-7-11(13)17(15(19)21)18(23-17)12-8-4-6-10-14(12)20(2)16(18)22/h3-10H,1-2H3. The van der Waals surface area contributed by atoms with Crippen molar-refractivity contribution in [3.8, 4) is 0 Å². The third-order valence-electron chi connectivity index (χ3n) is 5.26. The summed E-state index contributed by atoms with van der Waals surface area (Å²) in [6.45, 7) is 0. The molecule has 0 saturated carbocycles. The van der Waals surface area contributed by atoms with E-state index in [1.807, 2.05) is 48.5 Å². The van der Waals surface area contributed by atoms with Crippen LogP contribution in [0.3, 0.4) is 0 Å². The van der Waals surface area contributed by atoms with Crippen molar-refractivity contribution in [3.63, 3.8) is 0 Å². The van der Waals surface area contributed by atoms with Crippen LogP contribution in [0.5, 0.6) is 0 Å². The van der Waals surface area contributed by atoms with E-state index in [1.54, 1.807) is 23.9 Å². The Kier molecular flexibility index (Phi) is 2.03. The summed E-state index contributed by atoms with van der Waals surface area (Å²) in [7, 11) is 3.45. The highest BCUT2D eigenvalue weighted by Crippen LogP contribution is 2.71. The molecule has 3 aliphatic heterocycles. The Morgan fingerprint density at radius 1 is 0.739 bits per heavy atom. The number of likely N-dealkylation sites (N-methyl/N-ethyl adjacent to an activating group) is 2. The minimum atomic E-state index is -1.23. The Labute approximate surface area is 133 Å². The van der Waals surface area contributed by atoms with E-state index in [9.17, 15) is 9.59 Å². The predicted molar refractivity (Wildman–Crippen MR) is 84.1 cm³/mol. The molecule has 0 aliphatic carbocycles. The van der Waals surface area contributed by atoms with E-state index in [-0.39, 0.29) is 11.8 Å². The average molecular weight is 306 g/mol. The fourth-order valence-electron chi connectivity index (χ4n) is 4.13. The van der Waals surface area contributed by atoms with Gasteiger partial charge in [-0.3, -0.25) is 9.59 Å². The average Bonchev–Trinajstić information content (AvgIpc) is 3.20. The molecule has 0 N–H and O–H groups in total. The molecule has 5 nitrogen and oxygen atoms in total.